The fourth-order valence-corrected chi connectivity index (χ4v) is 2.19. The Bertz CT molecular complexity index is 545. The monoisotopic (exact) mass is 278 g/mol. The Morgan fingerprint density at radius 2 is 1.68 bits per heavy atom. The highest BCUT2D eigenvalue weighted by Crippen LogP contribution is 2.23. The van der Waals surface area contributed by atoms with Crippen molar-refractivity contribution < 1.29 is 4.39 Å². The molecule has 0 aliphatic heterocycles. The first-order valence-corrected chi connectivity index (χ1v) is 6.56. The van der Waals surface area contributed by atoms with Crippen molar-refractivity contribution in [3.8, 4) is 0 Å². The van der Waals surface area contributed by atoms with Crippen molar-refractivity contribution in [3.63, 3.8) is 0 Å². The van der Waals surface area contributed by atoms with Crippen LogP contribution >= 0.6 is 11.6 Å². The maximum atomic E-state index is 13.1. The van der Waals surface area contributed by atoms with Gasteiger partial charge in [0.2, 0.25) is 0 Å². The first kappa shape index (κ1) is 14.0. The summed E-state index contributed by atoms with van der Waals surface area (Å²) in [5.41, 5.74) is 2.13. The van der Waals surface area contributed by atoms with Gasteiger partial charge in [-0.25, -0.2) is 4.39 Å². The molecule has 19 heavy (non-hydrogen) atoms. The predicted octanol–water partition coefficient (Wildman–Crippen LogP) is 4.29. The molecule has 2 rings (SSSR count). The summed E-state index contributed by atoms with van der Waals surface area (Å²) in [6, 6.07) is 9.02. The second kappa shape index (κ2) is 6.13. The van der Waals surface area contributed by atoms with E-state index in [1.54, 1.807) is 24.5 Å². The quantitative estimate of drug-likeness (QED) is 0.903. The number of hydrogen-bond acceptors (Lipinski definition) is 2. The first-order valence-electron chi connectivity index (χ1n) is 6.19. The second-order valence-corrected chi connectivity index (χ2v) is 4.97. The van der Waals surface area contributed by atoms with Crippen molar-refractivity contribution in [1.29, 1.82) is 0 Å². The highest BCUT2D eigenvalue weighted by atomic mass is 35.5. The topological polar surface area (TPSA) is 24.9 Å². The summed E-state index contributed by atoms with van der Waals surface area (Å²) in [6.45, 7) is 4.11. The average molecular weight is 279 g/mol. The van der Waals surface area contributed by atoms with Gasteiger partial charge in [-0.2, -0.15) is 0 Å². The third kappa shape index (κ3) is 3.52. The number of benzene rings is 1. The molecule has 1 heterocycles. The molecule has 0 aliphatic carbocycles. The van der Waals surface area contributed by atoms with Crippen LogP contribution in [0.25, 0.3) is 0 Å². The smallest absolute Gasteiger partial charge is 0.141 e. The Kier molecular flexibility index (Phi) is 4.51. The molecular formula is C15H16ClFN2. The van der Waals surface area contributed by atoms with Gasteiger partial charge in [0.1, 0.15) is 5.82 Å². The first-order chi connectivity index (χ1) is 9.08. The number of nitrogens with one attached hydrogen (secondary N) is 1. The maximum absolute atomic E-state index is 13.1. The van der Waals surface area contributed by atoms with E-state index in [1.807, 2.05) is 19.1 Å². The normalized spacial score (nSPS) is 14.1. The van der Waals surface area contributed by atoms with E-state index in [4.69, 9.17) is 11.6 Å². The van der Waals surface area contributed by atoms with Crippen LogP contribution < -0.4 is 5.32 Å². The Hall–Kier alpha value is -1.45. The fourth-order valence-electron chi connectivity index (χ4n) is 2.00. The Balaban J connectivity index is 2.08. The summed E-state index contributed by atoms with van der Waals surface area (Å²) >= 11 is 5.80. The Morgan fingerprint density at radius 1 is 1.05 bits per heavy atom. The minimum absolute atomic E-state index is 0.0845. The molecule has 0 spiro atoms. The van der Waals surface area contributed by atoms with Crippen molar-refractivity contribution in [1.82, 2.24) is 10.3 Å². The van der Waals surface area contributed by atoms with E-state index in [0.29, 0.717) is 0 Å². The molecule has 1 aromatic heterocycles. The van der Waals surface area contributed by atoms with Crippen LogP contribution in [-0.4, -0.2) is 4.98 Å². The van der Waals surface area contributed by atoms with Gasteiger partial charge in [-0.1, -0.05) is 17.7 Å². The van der Waals surface area contributed by atoms with Crippen LogP contribution in [0.3, 0.4) is 0 Å². The summed E-state index contributed by atoms with van der Waals surface area (Å²) in [4.78, 5) is 4.00. The minimum Gasteiger partial charge on any atom is -0.304 e. The molecule has 0 saturated heterocycles. The molecule has 2 atom stereocenters. The SMILES string of the molecule is CC(N[C@H](C)c1ccncc1)c1ccc(F)c(Cl)c1. The van der Waals surface area contributed by atoms with E-state index >= 15 is 0 Å². The standard InChI is InChI=1S/C15H16ClFN2/c1-10(12-5-7-18-8-6-12)19-11(2)13-3-4-15(17)14(16)9-13/h3-11,19H,1-2H3/t10-,11?/m1/s1. The summed E-state index contributed by atoms with van der Waals surface area (Å²) < 4.78 is 13.1. The zero-order valence-corrected chi connectivity index (χ0v) is 11.7. The van der Waals surface area contributed by atoms with Gasteiger partial charge >= 0.3 is 0 Å². The molecular weight excluding hydrogens is 263 g/mol. The molecule has 100 valence electrons. The lowest BCUT2D eigenvalue weighted by molar-refractivity contribution is 0.493. The van der Waals surface area contributed by atoms with Crippen LogP contribution in [0, 0.1) is 5.82 Å². The number of hydrogen-bond donors (Lipinski definition) is 1. The molecule has 4 heteroatoms. The minimum atomic E-state index is -0.389. The largest absolute Gasteiger partial charge is 0.304 e. The summed E-state index contributed by atoms with van der Waals surface area (Å²) in [5.74, 6) is -0.389. The van der Waals surface area contributed by atoms with Gasteiger partial charge in [-0.15, -0.1) is 0 Å². The molecule has 0 radical (unpaired) electrons. The number of halogens is 2. The van der Waals surface area contributed by atoms with E-state index < -0.39 is 0 Å². The van der Waals surface area contributed by atoms with Gasteiger partial charge in [0.25, 0.3) is 0 Å². The Morgan fingerprint density at radius 3 is 2.32 bits per heavy atom. The zero-order valence-electron chi connectivity index (χ0n) is 10.9. The third-order valence-corrected chi connectivity index (χ3v) is 3.44. The molecule has 2 nitrogen and oxygen atoms in total. The van der Waals surface area contributed by atoms with Gasteiger partial charge in [-0.05, 0) is 49.2 Å². The van der Waals surface area contributed by atoms with E-state index in [-0.39, 0.29) is 22.9 Å². The van der Waals surface area contributed by atoms with Crippen LogP contribution in [0.2, 0.25) is 5.02 Å². The van der Waals surface area contributed by atoms with E-state index in [0.717, 1.165) is 11.1 Å². The second-order valence-electron chi connectivity index (χ2n) is 4.56. The summed E-state index contributed by atoms with van der Waals surface area (Å²) in [6.07, 6.45) is 3.54. The van der Waals surface area contributed by atoms with Crippen molar-refractivity contribution in [3.05, 3.63) is 64.7 Å². The third-order valence-electron chi connectivity index (χ3n) is 3.15. The van der Waals surface area contributed by atoms with Crippen LogP contribution in [-0.2, 0) is 0 Å². The number of aromatic nitrogens is 1. The van der Waals surface area contributed by atoms with Crippen LogP contribution in [0.5, 0.6) is 0 Å². The molecule has 0 saturated carbocycles. The van der Waals surface area contributed by atoms with Gasteiger partial charge < -0.3 is 5.32 Å². The maximum Gasteiger partial charge on any atom is 0.141 e. The molecule has 1 aromatic carbocycles. The van der Waals surface area contributed by atoms with Gasteiger partial charge in [-0.3, -0.25) is 4.98 Å². The lowest BCUT2D eigenvalue weighted by atomic mass is 10.1. The fraction of sp³-hybridized carbons (Fsp3) is 0.267. The van der Waals surface area contributed by atoms with Crippen LogP contribution in [0.4, 0.5) is 4.39 Å². The summed E-state index contributed by atoms with van der Waals surface area (Å²) in [7, 11) is 0. The van der Waals surface area contributed by atoms with E-state index in [2.05, 4.69) is 17.2 Å². The molecule has 1 unspecified atom stereocenters. The highest BCUT2D eigenvalue weighted by Gasteiger charge is 2.12. The van der Waals surface area contributed by atoms with Gasteiger partial charge in [0.05, 0.1) is 5.02 Å². The molecule has 0 bridgehead atoms. The van der Waals surface area contributed by atoms with Crippen molar-refractivity contribution in [2.75, 3.05) is 0 Å². The zero-order chi connectivity index (χ0) is 13.8. The van der Waals surface area contributed by atoms with Crippen molar-refractivity contribution in [2.45, 2.75) is 25.9 Å². The van der Waals surface area contributed by atoms with Crippen molar-refractivity contribution in [2.24, 2.45) is 0 Å². The number of pyridine rings is 1. The van der Waals surface area contributed by atoms with Crippen LogP contribution in [0.1, 0.15) is 37.1 Å². The predicted molar refractivity (Wildman–Crippen MR) is 75.6 cm³/mol. The lowest BCUT2D eigenvalue weighted by Gasteiger charge is -2.21. The van der Waals surface area contributed by atoms with Crippen LogP contribution in [0.15, 0.2) is 42.7 Å². The Labute approximate surface area is 117 Å². The van der Waals surface area contributed by atoms with Gasteiger partial charge in [0.15, 0.2) is 0 Å². The molecule has 2 aromatic rings. The molecule has 0 fully saturated rings. The number of nitrogens with zero attached hydrogens (tertiary/aromatic N) is 1. The van der Waals surface area contributed by atoms with Crippen molar-refractivity contribution >= 4 is 11.6 Å². The van der Waals surface area contributed by atoms with Gasteiger partial charge in [0, 0.05) is 24.5 Å². The van der Waals surface area contributed by atoms with E-state index in [9.17, 15) is 4.39 Å². The summed E-state index contributed by atoms with van der Waals surface area (Å²) in [5, 5.41) is 3.61. The molecule has 1 N–H and O–H groups in total. The molecule has 0 aliphatic rings. The highest BCUT2D eigenvalue weighted by molar-refractivity contribution is 6.30. The van der Waals surface area contributed by atoms with E-state index in [1.165, 1.54) is 6.07 Å². The average Bonchev–Trinajstić information content (AvgIpc) is 2.42. The number of rotatable bonds is 4. The molecule has 0 amide bonds. The lowest BCUT2D eigenvalue weighted by Crippen LogP contribution is -2.22.